The van der Waals surface area contributed by atoms with Gasteiger partial charge in [-0.25, -0.2) is 8.42 Å². The molecule has 0 amide bonds. The zero-order valence-electron chi connectivity index (χ0n) is 12.2. The van der Waals surface area contributed by atoms with Crippen LogP contribution in [0.2, 0.25) is 0 Å². The van der Waals surface area contributed by atoms with Crippen molar-refractivity contribution in [3.63, 3.8) is 0 Å². The smallest absolute Gasteiger partial charge is 0.180 e. The number of rotatable bonds is 6. The summed E-state index contributed by atoms with van der Waals surface area (Å²) < 4.78 is 24.0. The molecular weight excluding hydrogens is 308 g/mol. The summed E-state index contributed by atoms with van der Waals surface area (Å²) in [6.45, 7) is 2.87. The summed E-state index contributed by atoms with van der Waals surface area (Å²) >= 11 is 1.19. The van der Waals surface area contributed by atoms with Crippen LogP contribution in [0.1, 0.15) is 42.3 Å². The van der Waals surface area contributed by atoms with E-state index in [0.29, 0.717) is 16.4 Å². The Balaban J connectivity index is 1.96. The minimum Gasteiger partial charge on any atom is -0.396 e. The van der Waals surface area contributed by atoms with Crippen LogP contribution in [-0.2, 0) is 9.84 Å². The number of nitrogens with one attached hydrogen (secondary N) is 1. The van der Waals surface area contributed by atoms with E-state index in [9.17, 15) is 13.2 Å². The number of thiophene rings is 1. The fraction of sp³-hybridized carbons (Fsp3) is 0.643. The molecule has 0 spiro atoms. The lowest BCUT2D eigenvalue weighted by Gasteiger charge is -2.11. The first kappa shape index (κ1) is 14.8. The van der Waals surface area contributed by atoms with E-state index in [-0.39, 0.29) is 27.7 Å². The van der Waals surface area contributed by atoms with Gasteiger partial charge in [0, 0.05) is 18.7 Å². The number of carbonyl (C=O) groups excluding carboxylic acids is 1. The van der Waals surface area contributed by atoms with Crippen molar-refractivity contribution in [2.24, 2.45) is 11.3 Å². The fourth-order valence-corrected chi connectivity index (χ4v) is 4.90. The quantitative estimate of drug-likeness (QED) is 0.783. The molecule has 2 aliphatic rings. The Morgan fingerprint density at radius 2 is 2.05 bits per heavy atom. The summed E-state index contributed by atoms with van der Waals surface area (Å²) in [6.07, 6.45) is 5.18. The molecule has 1 aromatic rings. The molecule has 0 unspecified atom stereocenters. The molecular formula is C14H20N2O3S2. The van der Waals surface area contributed by atoms with Crippen LogP contribution in [0.15, 0.2) is 4.90 Å². The number of nitrogens with two attached hydrogens (primary N) is 1. The largest absolute Gasteiger partial charge is 0.396 e. The molecule has 3 rings (SSSR count). The predicted octanol–water partition coefficient (Wildman–Crippen LogP) is 2.54. The van der Waals surface area contributed by atoms with Crippen molar-refractivity contribution >= 4 is 37.6 Å². The first-order valence-electron chi connectivity index (χ1n) is 7.12. The zero-order chi connectivity index (χ0) is 15.4. The molecule has 0 bridgehead atoms. The molecule has 0 aromatic carbocycles. The molecule has 7 heteroatoms. The van der Waals surface area contributed by atoms with E-state index in [1.54, 1.807) is 0 Å². The van der Waals surface area contributed by atoms with Crippen LogP contribution in [0, 0.1) is 11.3 Å². The first-order chi connectivity index (χ1) is 9.71. The van der Waals surface area contributed by atoms with E-state index in [0.717, 1.165) is 31.9 Å². The molecule has 0 aliphatic heterocycles. The third-order valence-electron chi connectivity index (χ3n) is 4.22. The molecule has 2 fully saturated rings. The normalized spacial score (nSPS) is 20.3. The van der Waals surface area contributed by atoms with Crippen LogP contribution in [0.5, 0.6) is 0 Å². The highest BCUT2D eigenvalue weighted by atomic mass is 32.2. The molecule has 0 saturated heterocycles. The van der Waals surface area contributed by atoms with Crippen molar-refractivity contribution < 1.29 is 13.2 Å². The van der Waals surface area contributed by atoms with Crippen LogP contribution in [-0.4, -0.2) is 27.0 Å². The number of ketones is 1. The molecule has 21 heavy (non-hydrogen) atoms. The lowest BCUT2D eigenvalue weighted by molar-refractivity contribution is 0.0972. The molecule has 2 aliphatic carbocycles. The summed E-state index contributed by atoms with van der Waals surface area (Å²) in [6, 6.07) is 0. The Hall–Kier alpha value is -1.08. The number of Topliss-reactive ketones (excluding diaryl/α,β-unsaturated/α-hetero) is 1. The van der Waals surface area contributed by atoms with E-state index in [1.165, 1.54) is 11.3 Å². The maximum atomic E-state index is 12.2. The Morgan fingerprint density at radius 1 is 1.43 bits per heavy atom. The zero-order valence-corrected chi connectivity index (χ0v) is 13.9. The first-order valence-corrected chi connectivity index (χ1v) is 9.82. The molecule has 3 N–H and O–H groups in total. The number of nitrogen functional groups attached to an aromatic ring is 1. The highest BCUT2D eigenvalue weighted by molar-refractivity contribution is 7.91. The van der Waals surface area contributed by atoms with Crippen molar-refractivity contribution in [1.29, 1.82) is 0 Å². The SMILES string of the molecule is CC1(CNc2sc(C(=O)C3CC3)c(N)c2S(C)(=O)=O)CC1. The van der Waals surface area contributed by atoms with Crippen molar-refractivity contribution in [3.8, 4) is 0 Å². The second-order valence-electron chi connectivity index (χ2n) is 6.58. The van der Waals surface area contributed by atoms with Gasteiger partial charge in [-0.3, -0.25) is 4.79 Å². The van der Waals surface area contributed by atoms with Gasteiger partial charge in [0.05, 0.1) is 10.6 Å². The standard InChI is InChI=1S/C14H20N2O3S2/c1-14(5-6-14)7-16-13-12(21(2,18)19)9(15)11(20-13)10(17)8-3-4-8/h8,16H,3-7,15H2,1-2H3. The van der Waals surface area contributed by atoms with E-state index in [2.05, 4.69) is 12.2 Å². The van der Waals surface area contributed by atoms with Gasteiger partial charge < -0.3 is 11.1 Å². The van der Waals surface area contributed by atoms with Crippen molar-refractivity contribution in [3.05, 3.63) is 4.88 Å². The van der Waals surface area contributed by atoms with Crippen molar-refractivity contribution in [1.82, 2.24) is 0 Å². The van der Waals surface area contributed by atoms with Gasteiger partial charge >= 0.3 is 0 Å². The summed E-state index contributed by atoms with van der Waals surface area (Å²) in [7, 11) is -3.46. The van der Waals surface area contributed by atoms with Gasteiger partial charge in [0.2, 0.25) is 0 Å². The maximum absolute atomic E-state index is 12.2. The highest BCUT2D eigenvalue weighted by Crippen LogP contribution is 2.47. The second kappa shape index (κ2) is 4.71. The molecule has 116 valence electrons. The van der Waals surface area contributed by atoms with Gasteiger partial charge in [-0.05, 0) is 31.1 Å². The molecule has 5 nitrogen and oxygen atoms in total. The van der Waals surface area contributed by atoms with Gasteiger partial charge in [-0.15, -0.1) is 11.3 Å². The fourth-order valence-electron chi connectivity index (χ4n) is 2.31. The summed E-state index contributed by atoms with van der Waals surface area (Å²) in [4.78, 5) is 12.7. The van der Waals surface area contributed by atoms with E-state index in [1.807, 2.05) is 0 Å². The van der Waals surface area contributed by atoms with E-state index in [4.69, 9.17) is 5.73 Å². The van der Waals surface area contributed by atoms with Gasteiger partial charge in [0.25, 0.3) is 0 Å². The average molecular weight is 328 g/mol. The van der Waals surface area contributed by atoms with Crippen molar-refractivity contribution in [2.75, 3.05) is 23.9 Å². The van der Waals surface area contributed by atoms with E-state index >= 15 is 0 Å². The minimum atomic E-state index is -3.46. The number of sulfone groups is 1. The Bertz CT molecular complexity index is 698. The lowest BCUT2D eigenvalue weighted by Crippen LogP contribution is -2.13. The van der Waals surface area contributed by atoms with Gasteiger partial charge in [0.1, 0.15) is 9.90 Å². The Labute approximate surface area is 128 Å². The van der Waals surface area contributed by atoms with Crippen LogP contribution in [0.3, 0.4) is 0 Å². The maximum Gasteiger partial charge on any atom is 0.180 e. The molecule has 1 heterocycles. The van der Waals surface area contributed by atoms with Crippen LogP contribution in [0.25, 0.3) is 0 Å². The van der Waals surface area contributed by atoms with Crippen LogP contribution >= 0.6 is 11.3 Å². The van der Waals surface area contributed by atoms with Gasteiger partial charge in [-0.1, -0.05) is 6.92 Å². The average Bonchev–Trinajstić information content (AvgIpc) is 3.27. The third-order valence-corrected chi connectivity index (χ3v) is 6.69. The number of anilines is 2. The third kappa shape index (κ3) is 2.94. The lowest BCUT2D eigenvalue weighted by atomic mass is 10.1. The summed E-state index contributed by atoms with van der Waals surface area (Å²) in [5.74, 6) is 0.0280. The summed E-state index contributed by atoms with van der Waals surface area (Å²) in [5.41, 5.74) is 6.35. The predicted molar refractivity (Wildman–Crippen MR) is 84.7 cm³/mol. The Morgan fingerprint density at radius 3 is 2.52 bits per heavy atom. The Kier molecular flexibility index (Phi) is 3.33. The van der Waals surface area contributed by atoms with Crippen LogP contribution < -0.4 is 11.1 Å². The molecule has 0 radical (unpaired) electrons. The topological polar surface area (TPSA) is 89.3 Å². The second-order valence-corrected chi connectivity index (χ2v) is 9.55. The number of carbonyl (C=O) groups is 1. The van der Waals surface area contributed by atoms with Gasteiger partial charge in [0.15, 0.2) is 15.6 Å². The number of hydrogen-bond donors (Lipinski definition) is 2. The summed E-state index contributed by atoms with van der Waals surface area (Å²) in [5, 5.41) is 3.73. The van der Waals surface area contributed by atoms with E-state index < -0.39 is 9.84 Å². The van der Waals surface area contributed by atoms with Gasteiger partial charge in [-0.2, -0.15) is 0 Å². The molecule has 2 saturated carbocycles. The van der Waals surface area contributed by atoms with Crippen molar-refractivity contribution in [2.45, 2.75) is 37.5 Å². The monoisotopic (exact) mass is 328 g/mol. The molecule has 0 atom stereocenters. The minimum absolute atomic E-state index is 0.00640. The van der Waals surface area contributed by atoms with Crippen LogP contribution in [0.4, 0.5) is 10.7 Å². The molecule has 1 aromatic heterocycles. The number of hydrogen-bond acceptors (Lipinski definition) is 6. The highest BCUT2D eigenvalue weighted by Gasteiger charge is 2.39.